The first-order valence-electron chi connectivity index (χ1n) is 7.36. The highest BCUT2D eigenvalue weighted by molar-refractivity contribution is 7.99. The van der Waals surface area contributed by atoms with Gasteiger partial charge in [0.2, 0.25) is 0 Å². The molecule has 21 heavy (non-hydrogen) atoms. The van der Waals surface area contributed by atoms with Crippen LogP contribution in [0.3, 0.4) is 0 Å². The van der Waals surface area contributed by atoms with E-state index < -0.39 is 0 Å². The Hall–Kier alpha value is -1.34. The van der Waals surface area contributed by atoms with Gasteiger partial charge in [0.1, 0.15) is 10.8 Å². The van der Waals surface area contributed by atoms with Gasteiger partial charge in [-0.1, -0.05) is 20.8 Å². The predicted octanol–water partition coefficient (Wildman–Crippen LogP) is 3.25. The van der Waals surface area contributed by atoms with E-state index in [1.807, 2.05) is 6.92 Å². The van der Waals surface area contributed by atoms with Crippen molar-refractivity contribution in [1.29, 1.82) is 0 Å². The minimum atomic E-state index is -0.368. The monoisotopic (exact) mass is 312 g/mol. The minimum Gasteiger partial charge on any atom is -0.370 e. The van der Waals surface area contributed by atoms with Gasteiger partial charge in [-0.05, 0) is 19.5 Å². The summed E-state index contributed by atoms with van der Waals surface area (Å²) in [6.45, 7) is 10.1. The molecule has 0 aliphatic carbocycles. The smallest absolute Gasteiger partial charge is 0.275 e. The van der Waals surface area contributed by atoms with Gasteiger partial charge in [-0.2, -0.15) is 0 Å². The number of nitro groups is 1. The Labute approximate surface area is 130 Å². The largest absolute Gasteiger partial charge is 0.370 e. The van der Waals surface area contributed by atoms with Crippen molar-refractivity contribution in [2.45, 2.75) is 32.2 Å². The van der Waals surface area contributed by atoms with E-state index in [9.17, 15) is 10.1 Å². The first-order chi connectivity index (χ1) is 10.1. The average molecular weight is 312 g/mol. The van der Waals surface area contributed by atoms with Crippen LogP contribution in [0.1, 0.15) is 27.2 Å². The van der Waals surface area contributed by atoms with E-state index in [1.54, 1.807) is 17.8 Å². The lowest BCUT2D eigenvalue weighted by Crippen LogP contribution is -2.25. The Bertz CT molecular complexity index is 453. The molecule has 1 N–H and O–H groups in total. The van der Waals surface area contributed by atoms with Gasteiger partial charge in [0.15, 0.2) is 0 Å². The van der Waals surface area contributed by atoms with Crippen LogP contribution in [0, 0.1) is 10.1 Å². The van der Waals surface area contributed by atoms with Gasteiger partial charge in [-0.15, -0.1) is 11.8 Å². The molecule has 0 aliphatic rings. The number of nitrogens with one attached hydrogen (secondary N) is 1. The van der Waals surface area contributed by atoms with Crippen LogP contribution in [0.15, 0.2) is 17.2 Å². The number of hydrogen-bond acceptors (Lipinski definition) is 6. The van der Waals surface area contributed by atoms with Crippen molar-refractivity contribution in [2.75, 3.05) is 37.2 Å². The van der Waals surface area contributed by atoms with Crippen molar-refractivity contribution >= 4 is 23.3 Å². The molecule has 0 spiro atoms. The Balaban J connectivity index is 2.71. The zero-order chi connectivity index (χ0) is 15.7. The highest BCUT2D eigenvalue weighted by Crippen LogP contribution is 2.24. The molecule has 0 saturated heterocycles. The summed E-state index contributed by atoms with van der Waals surface area (Å²) < 4.78 is 0. The molecule has 1 rings (SSSR count). The summed E-state index contributed by atoms with van der Waals surface area (Å²) in [6.07, 6.45) is 0.953. The summed E-state index contributed by atoms with van der Waals surface area (Å²) in [5, 5.41) is 14.8. The van der Waals surface area contributed by atoms with Gasteiger partial charge < -0.3 is 10.2 Å². The standard InChI is InChI=1S/C14H24N4O2S/c1-4-7-15-13-10-12(18(19)20)11-14(16-13)21-9-8-17(5-2)6-3/h10-11H,4-9H2,1-3H3,(H,15,16). The third-order valence-corrected chi connectivity index (χ3v) is 4.00. The molecule has 0 bridgehead atoms. The van der Waals surface area contributed by atoms with Crippen LogP contribution in [0.25, 0.3) is 0 Å². The van der Waals surface area contributed by atoms with E-state index in [1.165, 1.54) is 6.07 Å². The molecule has 0 amide bonds. The minimum absolute atomic E-state index is 0.0916. The highest BCUT2D eigenvalue weighted by Gasteiger charge is 2.11. The summed E-state index contributed by atoms with van der Waals surface area (Å²) >= 11 is 1.56. The number of hydrogen-bond donors (Lipinski definition) is 1. The third-order valence-electron chi connectivity index (χ3n) is 3.11. The summed E-state index contributed by atoms with van der Waals surface area (Å²) in [5.41, 5.74) is 0.0916. The number of anilines is 1. The molecule has 1 heterocycles. The van der Waals surface area contributed by atoms with Crippen LogP contribution in [0.4, 0.5) is 11.5 Å². The van der Waals surface area contributed by atoms with E-state index in [0.717, 1.165) is 38.4 Å². The fourth-order valence-corrected chi connectivity index (χ4v) is 2.76. The molecule has 0 radical (unpaired) electrons. The average Bonchev–Trinajstić information content (AvgIpc) is 2.49. The zero-order valence-electron chi connectivity index (χ0n) is 13.0. The second kappa shape index (κ2) is 9.57. The number of rotatable bonds is 10. The molecule has 118 valence electrons. The number of aromatic nitrogens is 1. The lowest BCUT2D eigenvalue weighted by atomic mass is 10.4. The SMILES string of the molecule is CCCNc1cc([N+](=O)[O-])cc(SCCN(CC)CC)n1. The van der Waals surface area contributed by atoms with Crippen molar-refractivity contribution in [1.82, 2.24) is 9.88 Å². The summed E-state index contributed by atoms with van der Waals surface area (Å²) in [4.78, 5) is 17.4. The zero-order valence-corrected chi connectivity index (χ0v) is 13.8. The Morgan fingerprint density at radius 3 is 2.62 bits per heavy atom. The Kier molecular flexibility index (Phi) is 8.07. The van der Waals surface area contributed by atoms with Crippen LogP contribution in [-0.2, 0) is 0 Å². The second-order valence-corrected chi connectivity index (χ2v) is 5.72. The number of thioether (sulfide) groups is 1. The molecule has 1 aromatic rings. The summed E-state index contributed by atoms with van der Waals surface area (Å²) in [7, 11) is 0. The quantitative estimate of drug-likeness (QED) is 0.406. The molecule has 6 nitrogen and oxygen atoms in total. The Morgan fingerprint density at radius 1 is 1.33 bits per heavy atom. The molecular formula is C14H24N4O2S. The fraction of sp³-hybridized carbons (Fsp3) is 0.643. The lowest BCUT2D eigenvalue weighted by molar-refractivity contribution is -0.385. The van der Waals surface area contributed by atoms with Gasteiger partial charge in [0, 0.05) is 24.9 Å². The molecule has 0 unspecified atom stereocenters. The van der Waals surface area contributed by atoms with Gasteiger partial charge in [-0.25, -0.2) is 4.98 Å². The van der Waals surface area contributed by atoms with Crippen LogP contribution in [-0.4, -0.2) is 46.7 Å². The number of pyridine rings is 1. The normalized spacial score (nSPS) is 10.9. The van der Waals surface area contributed by atoms with Crippen molar-refractivity contribution < 1.29 is 4.92 Å². The predicted molar refractivity (Wildman–Crippen MR) is 88.2 cm³/mol. The fourth-order valence-electron chi connectivity index (χ4n) is 1.83. The van der Waals surface area contributed by atoms with Crippen molar-refractivity contribution in [2.24, 2.45) is 0 Å². The maximum atomic E-state index is 11.0. The highest BCUT2D eigenvalue weighted by atomic mass is 32.2. The second-order valence-electron chi connectivity index (χ2n) is 4.61. The third kappa shape index (κ3) is 6.31. The van der Waals surface area contributed by atoms with Crippen molar-refractivity contribution in [3.63, 3.8) is 0 Å². The van der Waals surface area contributed by atoms with Gasteiger partial charge in [0.05, 0.1) is 11.0 Å². The van der Waals surface area contributed by atoms with E-state index >= 15 is 0 Å². The van der Waals surface area contributed by atoms with E-state index in [4.69, 9.17) is 0 Å². The van der Waals surface area contributed by atoms with E-state index in [-0.39, 0.29) is 10.6 Å². The first-order valence-corrected chi connectivity index (χ1v) is 8.34. The Morgan fingerprint density at radius 2 is 2.05 bits per heavy atom. The number of nitrogens with zero attached hydrogens (tertiary/aromatic N) is 3. The maximum absolute atomic E-state index is 11.0. The summed E-state index contributed by atoms with van der Waals surface area (Å²) in [6, 6.07) is 3.04. The van der Waals surface area contributed by atoms with Crippen LogP contribution < -0.4 is 5.32 Å². The van der Waals surface area contributed by atoms with E-state index in [0.29, 0.717) is 10.8 Å². The van der Waals surface area contributed by atoms with Gasteiger partial charge >= 0.3 is 0 Å². The molecule has 0 aromatic carbocycles. The molecule has 0 aliphatic heterocycles. The molecule has 1 aromatic heterocycles. The molecule has 0 atom stereocenters. The van der Waals surface area contributed by atoms with Gasteiger partial charge in [-0.3, -0.25) is 10.1 Å². The molecule has 7 heteroatoms. The topological polar surface area (TPSA) is 71.3 Å². The van der Waals surface area contributed by atoms with Crippen LogP contribution >= 0.6 is 11.8 Å². The molecule has 0 saturated carbocycles. The first kappa shape index (κ1) is 17.7. The van der Waals surface area contributed by atoms with E-state index in [2.05, 4.69) is 29.0 Å². The van der Waals surface area contributed by atoms with Crippen LogP contribution in [0.5, 0.6) is 0 Å². The van der Waals surface area contributed by atoms with Crippen molar-refractivity contribution in [3.05, 3.63) is 22.2 Å². The molecular weight excluding hydrogens is 288 g/mol. The lowest BCUT2D eigenvalue weighted by Gasteiger charge is -2.17. The molecule has 0 fully saturated rings. The maximum Gasteiger partial charge on any atom is 0.275 e. The van der Waals surface area contributed by atoms with Crippen LogP contribution in [0.2, 0.25) is 0 Å². The summed E-state index contributed by atoms with van der Waals surface area (Å²) in [5.74, 6) is 1.46. The van der Waals surface area contributed by atoms with Gasteiger partial charge in [0.25, 0.3) is 5.69 Å². The van der Waals surface area contributed by atoms with Crippen molar-refractivity contribution in [3.8, 4) is 0 Å².